The number of benzene rings is 1. The van der Waals surface area contributed by atoms with E-state index in [1.807, 2.05) is 12.1 Å². The normalized spacial score (nSPS) is 10.9. The van der Waals surface area contributed by atoms with Crippen molar-refractivity contribution in [1.82, 2.24) is 9.97 Å². The number of nitrogens with zero attached hydrogens (tertiary/aromatic N) is 2. The van der Waals surface area contributed by atoms with Crippen LogP contribution in [0.3, 0.4) is 0 Å². The van der Waals surface area contributed by atoms with Crippen LogP contribution in [0.15, 0.2) is 36.5 Å². The quantitative estimate of drug-likeness (QED) is 0.711. The second-order valence-electron chi connectivity index (χ2n) is 3.97. The van der Waals surface area contributed by atoms with Crippen LogP contribution in [0.5, 0.6) is 0 Å². The summed E-state index contributed by atoms with van der Waals surface area (Å²) in [6.45, 7) is 2.07. The van der Waals surface area contributed by atoms with Gasteiger partial charge in [0, 0.05) is 0 Å². The zero-order valence-corrected chi connectivity index (χ0v) is 10.2. The van der Waals surface area contributed by atoms with Crippen molar-refractivity contribution in [3.8, 4) is 10.7 Å². The van der Waals surface area contributed by atoms with Crippen LogP contribution in [-0.4, -0.2) is 9.97 Å². The summed E-state index contributed by atoms with van der Waals surface area (Å²) in [7, 11) is 0. The molecular weight excluding hydrogens is 230 g/mol. The van der Waals surface area contributed by atoms with Crippen LogP contribution >= 0.6 is 11.3 Å². The molecule has 0 radical (unpaired) electrons. The highest BCUT2D eigenvalue weighted by atomic mass is 32.1. The van der Waals surface area contributed by atoms with Gasteiger partial charge in [0.2, 0.25) is 0 Å². The second-order valence-corrected chi connectivity index (χ2v) is 5.00. The molecule has 3 nitrogen and oxygen atoms in total. The molecule has 0 bridgehead atoms. The van der Waals surface area contributed by atoms with E-state index < -0.39 is 0 Å². The van der Waals surface area contributed by atoms with Crippen LogP contribution in [0, 0.1) is 6.92 Å². The van der Waals surface area contributed by atoms with E-state index in [-0.39, 0.29) is 0 Å². The SMILES string of the molecule is Cc1ccc2sc(-c3ccc(N)cn3)nc2c1. The predicted octanol–water partition coefficient (Wildman–Crippen LogP) is 3.25. The van der Waals surface area contributed by atoms with E-state index in [2.05, 4.69) is 35.1 Å². The molecule has 0 amide bonds. The Labute approximate surface area is 103 Å². The Bertz CT molecular complexity index is 671. The molecule has 17 heavy (non-hydrogen) atoms. The number of thiazole rings is 1. The number of nitrogen functional groups attached to an aromatic ring is 1. The summed E-state index contributed by atoms with van der Waals surface area (Å²) in [6, 6.07) is 10.0. The van der Waals surface area contributed by atoms with Gasteiger partial charge in [-0.15, -0.1) is 11.3 Å². The number of aryl methyl sites for hydroxylation is 1. The van der Waals surface area contributed by atoms with Crippen molar-refractivity contribution in [2.45, 2.75) is 6.92 Å². The lowest BCUT2D eigenvalue weighted by atomic mass is 10.2. The number of pyridine rings is 1. The molecule has 2 aromatic heterocycles. The summed E-state index contributed by atoms with van der Waals surface area (Å²) in [6.07, 6.45) is 1.66. The molecule has 0 unspecified atom stereocenters. The van der Waals surface area contributed by atoms with E-state index in [9.17, 15) is 0 Å². The van der Waals surface area contributed by atoms with Gasteiger partial charge >= 0.3 is 0 Å². The molecule has 3 rings (SSSR count). The third-order valence-electron chi connectivity index (χ3n) is 2.55. The average Bonchev–Trinajstić information content (AvgIpc) is 2.72. The van der Waals surface area contributed by atoms with Crippen molar-refractivity contribution in [2.75, 3.05) is 5.73 Å². The van der Waals surface area contributed by atoms with E-state index in [1.165, 1.54) is 10.3 Å². The monoisotopic (exact) mass is 241 g/mol. The molecule has 0 aliphatic rings. The molecular formula is C13H11N3S. The fraction of sp³-hybridized carbons (Fsp3) is 0.0769. The Balaban J connectivity index is 2.14. The Kier molecular flexibility index (Phi) is 2.30. The minimum absolute atomic E-state index is 0.672. The maximum atomic E-state index is 5.62. The zero-order chi connectivity index (χ0) is 11.8. The summed E-state index contributed by atoms with van der Waals surface area (Å²) < 4.78 is 1.18. The highest BCUT2D eigenvalue weighted by molar-refractivity contribution is 7.21. The van der Waals surface area contributed by atoms with Gasteiger partial charge in [0.1, 0.15) is 5.01 Å². The van der Waals surface area contributed by atoms with Gasteiger partial charge in [0.05, 0.1) is 27.8 Å². The molecule has 2 heterocycles. The number of nitrogens with two attached hydrogens (primary N) is 1. The first-order chi connectivity index (χ1) is 8.22. The Hall–Kier alpha value is -1.94. The standard InChI is InChI=1S/C13H11N3S/c1-8-2-5-12-11(6-8)16-13(17-12)10-4-3-9(14)7-15-10/h2-7H,14H2,1H3. The van der Waals surface area contributed by atoms with Gasteiger partial charge in [-0.2, -0.15) is 0 Å². The third kappa shape index (κ3) is 1.87. The van der Waals surface area contributed by atoms with Gasteiger partial charge in [0.25, 0.3) is 0 Å². The Morgan fingerprint density at radius 1 is 1.18 bits per heavy atom. The predicted molar refractivity (Wildman–Crippen MR) is 72.0 cm³/mol. The molecule has 0 saturated heterocycles. The Morgan fingerprint density at radius 3 is 2.82 bits per heavy atom. The van der Waals surface area contributed by atoms with Gasteiger partial charge in [0.15, 0.2) is 0 Å². The summed E-state index contributed by atoms with van der Waals surface area (Å²) >= 11 is 1.65. The first-order valence-corrected chi connectivity index (χ1v) is 6.13. The van der Waals surface area contributed by atoms with Crippen molar-refractivity contribution in [1.29, 1.82) is 0 Å². The summed E-state index contributed by atoms with van der Waals surface area (Å²) in [5.41, 5.74) is 9.42. The van der Waals surface area contributed by atoms with Crippen LogP contribution in [-0.2, 0) is 0 Å². The van der Waals surface area contributed by atoms with Crippen LogP contribution in [0.25, 0.3) is 20.9 Å². The molecule has 0 aliphatic heterocycles. The Morgan fingerprint density at radius 2 is 2.06 bits per heavy atom. The first-order valence-electron chi connectivity index (χ1n) is 5.31. The largest absolute Gasteiger partial charge is 0.397 e. The number of fused-ring (bicyclic) bond motifs is 1. The molecule has 0 atom stereocenters. The van der Waals surface area contributed by atoms with Gasteiger partial charge in [-0.05, 0) is 36.8 Å². The lowest BCUT2D eigenvalue weighted by molar-refractivity contribution is 1.31. The minimum atomic E-state index is 0.672. The fourth-order valence-corrected chi connectivity index (χ4v) is 2.60. The summed E-state index contributed by atoms with van der Waals surface area (Å²) in [4.78, 5) is 8.88. The van der Waals surface area contributed by atoms with Crippen molar-refractivity contribution in [3.05, 3.63) is 42.1 Å². The van der Waals surface area contributed by atoms with Gasteiger partial charge in [-0.1, -0.05) is 6.07 Å². The number of aromatic nitrogens is 2. The third-order valence-corrected chi connectivity index (χ3v) is 3.61. The number of anilines is 1. The molecule has 0 aliphatic carbocycles. The van der Waals surface area contributed by atoms with E-state index in [0.29, 0.717) is 5.69 Å². The minimum Gasteiger partial charge on any atom is -0.397 e. The molecule has 4 heteroatoms. The second kappa shape index (κ2) is 3.82. The number of hydrogen-bond acceptors (Lipinski definition) is 4. The molecule has 1 aromatic carbocycles. The number of rotatable bonds is 1. The first kappa shape index (κ1) is 10.2. The van der Waals surface area contributed by atoms with E-state index in [4.69, 9.17) is 5.73 Å². The molecule has 2 N–H and O–H groups in total. The van der Waals surface area contributed by atoms with Crippen molar-refractivity contribution in [2.24, 2.45) is 0 Å². The van der Waals surface area contributed by atoms with E-state index in [1.54, 1.807) is 17.5 Å². The lowest BCUT2D eigenvalue weighted by Crippen LogP contribution is -1.87. The summed E-state index contributed by atoms with van der Waals surface area (Å²) in [5, 5.41) is 0.936. The molecule has 0 spiro atoms. The van der Waals surface area contributed by atoms with Gasteiger partial charge in [-0.25, -0.2) is 4.98 Å². The summed E-state index contributed by atoms with van der Waals surface area (Å²) in [5.74, 6) is 0. The smallest absolute Gasteiger partial charge is 0.143 e. The molecule has 0 fully saturated rings. The van der Waals surface area contributed by atoms with Crippen LogP contribution in [0.4, 0.5) is 5.69 Å². The van der Waals surface area contributed by atoms with Crippen molar-refractivity contribution >= 4 is 27.2 Å². The maximum Gasteiger partial charge on any atom is 0.143 e. The molecule has 0 saturated carbocycles. The van der Waals surface area contributed by atoms with E-state index in [0.717, 1.165) is 16.2 Å². The zero-order valence-electron chi connectivity index (χ0n) is 9.34. The van der Waals surface area contributed by atoms with Gasteiger partial charge < -0.3 is 5.73 Å². The molecule has 84 valence electrons. The van der Waals surface area contributed by atoms with Gasteiger partial charge in [-0.3, -0.25) is 4.98 Å². The average molecular weight is 241 g/mol. The van der Waals surface area contributed by atoms with E-state index >= 15 is 0 Å². The highest BCUT2D eigenvalue weighted by Gasteiger charge is 2.07. The molecule has 3 aromatic rings. The van der Waals surface area contributed by atoms with Crippen LogP contribution < -0.4 is 5.73 Å². The number of hydrogen-bond donors (Lipinski definition) is 1. The fourth-order valence-electron chi connectivity index (χ4n) is 1.68. The van der Waals surface area contributed by atoms with Crippen LogP contribution in [0.2, 0.25) is 0 Å². The lowest BCUT2D eigenvalue weighted by Gasteiger charge is -1.94. The van der Waals surface area contributed by atoms with Crippen molar-refractivity contribution in [3.63, 3.8) is 0 Å². The maximum absolute atomic E-state index is 5.62. The topological polar surface area (TPSA) is 51.8 Å². The highest BCUT2D eigenvalue weighted by Crippen LogP contribution is 2.29. The van der Waals surface area contributed by atoms with Crippen molar-refractivity contribution < 1.29 is 0 Å². The van der Waals surface area contributed by atoms with Crippen LogP contribution in [0.1, 0.15) is 5.56 Å².